The predicted molar refractivity (Wildman–Crippen MR) is 86.4 cm³/mol. The highest BCUT2D eigenvalue weighted by molar-refractivity contribution is 5.79. The Morgan fingerprint density at radius 1 is 1.05 bits per heavy atom. The number of nitrogens with zero attached hydrogens (tertiary/aromatic N) is 2. The van der Waals surface area contributed by atoms with E-state index in [4.69, 9.17) is 0 Å². The molecule has 0 N–H and O–H groups in total. The first-order chi connectivity index (χ1) is 10.3. The largest absolute Gasteiger partial charge is 0.301 e. The van der Waals surface area contributed by atoms with Crippen LogP contribution in [0.4, 0.5) is 0 Å². The van der Waals surface area contributed by atoms with Crippen LogP contribution >= 0.6 is 0 Å². The van der Waals surface area contributed by atoms with E-state index in [2.05, 4.69) is 65.5 Å². The zero-order chi connectivity index (χ0) is 14.2. The highest BCUT2D eigenvalue weighted by Gasteiger charge is 2.24. The highest BCUT2D eigenvalue weighted by Crippen LogP contribution is 2.33. The van der Waals surface area contributed by atoms with Gasteiger partial charge in [-0.05, 0) is 35.9 Å². The molecule has 0 spiro atoms. The van der Waals surface area contributed by atoms with Gasteiger partial charge in [-0.25, -0.2) is 0 Å². The summed E-state index contributed by atoms with van der Waals surface area (Å²) < 4.78 is 0. The maximum Gasteiger partial charge on any atom is 0.0702 e. The van der Waals surface area contributed by atoms with Crippen LogP contribution in [0.1, 0.15) is 22.6 Å². The molecule has 0 bridgehead atoms. The molecule has 1 aromatic heterocycles. The summed E-state index contributed by atoms with van der Waals surface area (Å²) >= 11 is 0. The van der Waals surface area contributed by atoms with E-state index in [1.165, 1.54) is 22.1 Å². The molecule has 21 heavy (non-hydrogen) atoms. The van der Waals surface area contributed by atoms with Gasteiger partial charge in [0.15, 0.2) is 0 Å². The number of likely N-dealkylation sites (N-methyl/N-ethyl adjacent to an activating group) is 1. The van der Waals surface area contributed by atoms with Gasteiger partial charge in [0.05, 0.1) is 5.52 Å². The first-order valence-corrected chi connectivity index (χ1v) is 7.42. The number of para-hydroxylation sites is 1. The van der Waals surface area contributed by atoms with Gasteiger partial charge in [-0.3, -0.25) is 4.98 Å². The second-order valence-electron chi connectivity index (χ2n) is 5.91. The van der Waals surface area contributed by atoms with Crippen molar-refractivity contribution in [2.45, 2.75) is 12.5 Å². The molecule has 2 nitrogen and oxygen atoms in total. The van der Waals surface area contributed by atoms with Crippen LogP contribution < -0.4 is 0 Å². The number of pyridine rings is 1. The Hall–Kier alpha value is -2.19. The van der Waals surface area contributed by atoms with Gasteiger partial charge in [-0.2, -0.15) is 0 Å². The fourth-order valence-corrected chi connectivity index (χ4v) is 3.35. The summed E-state index contributed by atoms with van der Waals surface area (Å²) in [7, 11) is 2.19. The molecule has 0 saturated heterocycles. The van der Waals surface area contributed by atoms with E-state index in [-0.39, 0.29) is 0 Å². The molecule has 1 aliphatic rings. The summed E-state index contributed by atoms with van der Waals surface area (Å²) in [6.07, 6.45) is 2.04. The van der Waals surface area contributed by atoms with Crippen LogP contribution in [-0.4, -0.2) is 23.5 Å². The summed E-state index contributed by atoms with van der Waals surface area (Å²) in [5, 5.41) is 1.22. The van der Waals surface area contributed by atoms with Crippen molar-refractivity contribution < 1.29 is 0 Å². The van der Waals surface area contributed by atoms with Crippen LogP contribution in [0.25, 0.3) is 10.9 Å². The molecule has 1 unspecified atom stereocenters. The number of aromatic nitrogens is 1. The van der Waals surface area contributed by atoms with Crippen LogP contribution in [0.3, 0.4) is 0 Å². The molecule has 0 aliphatic carbocycles. The standard InChI is InChI=1S/C19H18N2/c1-21-12-15-7-2-4-8-17(15)18(13-21)16-10-14-6-3-5-9-19(14)20-11-16/h2-11,18H,12-13H2,1H3. The van der Waals surface area contributed by atoms with Crippen molar-refractivity contribution in [3.05, 3.63) is 77.5 Å². The molecule has 104 valence electrons. The third-order valence-corrected chi connectivity index (χ3v) is 4.38. The van der Waals surface area contributed by atoms with Gasteiger partial charge in [0.25, 0.3) is 0 Å². The molecule has 0 saturated carbocycles. The minimum absolute atomic E-state index is 0.414. The predicted octanol–water partition coefficient (Wildman–Crippen LogP) is 3.81. The molecule has 2 heterocycles. The van der Waals surface area contributed by atoms with Crippen molar-refractivity contribution in [1.29, 1.82) is 0 Å². The number of benzene rings is 2. The summed E-state index contributed by atoms with van der Waals surface area (Å²) in [5.41, 5.74) is 5.27. The normalized spacial score (nSPS) is 18.6. The minimum atomic E-state index is 0.414. The van der Waals surface area contributed by atoms with Crippen LogP contribution in [0.15, 0.2) is 60.8 Å². The maximum atomic E-state index is 4.64. The SMILES string of the molecule is CN1Cc2ccccc2C(c2cnc3ccccc3c2)C1. The zero-order valence-corrected chi connectivity index (χ0v) is 12.2. The number of fused-ring (bicyclic) bond motifs is 2. The summed E-state index contributed by atoms with van der Waals surface area (Å²) in [6, 6.07) is 19.4. The van der Waals surface area contributed by atoms with Crippen LogP contribution in [-0.2, 0) is 6.54 Å². The molecule has 0 radical (unpaired) electrons. The van der Waals surface area contributed by atoms with Crippen LogP contribution in [0.2, 0.25) is 0 Å². The topological polar surface area (TPSA) is 16.1 Å². The Balaban J connectivity index is 1.84. The van der Waals surface area contributed by atoms with E-state index in [0.29, 0.717) is 5.92 Å². The van der Waals surface area contributed by atoms with Crippen molar-refractivity contribution >= 4 is 10.9 Å². The van der Waals surface area contributed by atoms with Gasteiger partial charge in [0, 0.05) is 30.6 Å². The summed E-state index contributed by atoms with van der Waals surface area (Å²) in [5.74, 6) is 0.414. The van der Waals surface area contributed by atoms with Gasteiger partial charge >= 0.3 is 0 Å². The first-order valence-electron chi connectivity index (χ1n) is 7.42. The molecule has 2 aromatic carbocycles. The Morgan fingerprint density at radius 2 is 1.86 bits per heavy atom. The number of hydrogen-bond donors (Lipinski definition) is 0. The lowest BCUT2D eigenvalue weighted by Gasteiger charge is -2.32. The third-order valence-electron chi connectivity index (χ3n) is 4.38. The van der Waals surface area contributed by atoms with Crippen LogP contribution in [0.5, 0.6) is 0 Å². The first kappa shape index (κ1) is 12.5. The van der Waals surface area contributed by atoms with Gasteiger partial charge in [-0.1, -0.05) is 42.5 Å². The fourth-order valence-electron chi connectivity index (χ4n) is 3.35. The molecule has 1 atom stereocenters. The Morgan fingerprint density at radius 3 is 2.81 bits per heavy atom. The van der Waals surface area contributed by atoms with E-state index in [1.807, 2.05) is 12.3 Å². The Bertz CT molecular complexity index is 794. The Kier molecular flexibility index (Phi) is 2.97. The quantitative estimate of drug-likeness (QED) is 0.671. The molecule has 0 amide bonds. The lowest BCUT2D eigenvalue weighted by Crippen LogP contribution is -2.30. The lowest BCUT2D eigenvalue weighted by atomic mass is 9.85. The third kappa shape index (κ3) is 2.22. The molecule has 4 rings (SSSR count). The highest BCUT2D eigenvalue weighted by atomic mass is 15.1. The monoisotopic (exact) mass is 274 g/mol. The number of rotatable bonds is 1. The molecular weight excluding hydrogens is 256 g/mol. The molecule has 2 heteroatoms. The zero-order valence-electron chi connectivity index (χ0n) is 12.2. The maximum absolute atomic E-state index is 4.64. The smallest absolute Gasteiger partial charge is 0.0702 e. The van der Waals surface area contributed by atoms with E-state index >= 15 is 0 Å². The molecule has 1 aliphatic heterocycles. The van der Waals surface area contributed by atoms with E-state index in [9.17, 15) is 0 Å². The van der Waals surface area contributed by atoms with Gasteiger partial charge < -0.3 is 4.90 Å². The summed E-state index contributed by atoms with van der Waals surface area (Å²) in [6.45, 7) is 2.09. The fraction of sp³-hybridized carbons (Fsp3) is 0.211. The van der Waals surface area contributed by atoms with Crippen LogP contribution in [0, 0.1) is 0 Å². The Labute approximate surface area is 125 Å². The van der Waals surface area contributed by atoms with E-state index in [0.717, 1.165) is 18.6 Å². The number of hydrogen-bond acceptors (Lipinski definition) is 2. The van der Waals surface area contributed by atoms with Crippen molar-refractivity contribution in [3.63, 3.8) is 0 Å². The van der Waals surface area contributed by atoms with Gasteiger partial charge in [0.1, 0.15) is 0 Å². The molecule has 0 fully saturated rings. The van der Waals surface area contributed by atoms with Gasteiger partial charge in [0.2, 0.25) is 0 Å². The van der Waals surface area contributed by atoms with Crippen molar-refractivity contribution in [2.24, 2.45) is 0 Å². The second-order valence-corrected chi connectivity index (χ2v) is 5.91. The van der Waals surface area contributed by atoms with Crippen molar-refractivity contribution in [3.8, 4) is 0 Å². The molecule has 3 aromatic rings. The summed E-state index contributed by atoms with van der Waals surface area (Å²) in [4.78, 5) is 7.03. The van der Waals surface area contributed by atoms with Crippen molar-refractivity contribution in [1.82, 2.24) is 9.88 Å². The molecular formula is C19H18N2. The second kappa shape index (κ2) is 4.97. The van der Waals surface area contributed by atoms with E-state index in [1.54, 1.807) is 0 Å². The average Bonchev–Trinajstić information content (AvgIpc) is 2.53. The van der Waals surface area contributed by atoms with Gasteiger partial charge in [-0.15, -0.1) is 0 Å². The average molecular weight is 274 g/mol. The van der Waals surface area contributed by atoms with E-state index < -0.39 is 0 Å². The minimum Gasteiger partial charge on any atom is -0.301 e. The lowest BCUT2D eigenvalue weighted by molar-refractivity contribution is 0.295. The van der Waals surface area contributed by atoms with Crippen molar-refractivity contribution in [2.75, 3.05) is 13.6 Å².